The van der Waals surface area contributed by atoms with Crippen LogP contribution in [0, 0.1) is 11.3 Å². The van der Waals surface area contributed by atoms with E-state index in [1.165, 1.54) is 34.9 Å². The van der Waals surface area contributed by atoms with Crippen molar-refractivity contribution in [3.05, 3.63) is 81.9 Å². The first-order valence-electron chi connectivity index (χ1n) is 9.27. The van der Waals surface area contributed by atoms with E-state index in [1.54, 1.807) is 12.1 Å². The van der Waals surface area contributed by atoms with Crippen molar-refractivity contribution in [1.29, 1.82) is 5.26 Å². The lowest BCUT2D eigenvalue weighted by atomic mass is 10.2. The molecule has 4 rings (SSSR count). The number of benzene rings is 2. The molecule has 166 valence electrons. The van der Waals surface area contributed by atoms with Gasteiger partial charge in [0.2, 0.25) is 0 Å². The first kappa shape index (κ1) is 21.6. The molecule has 0 aliphatic carbocycles. The second kappa shape index (κ2) is 7.79. The monoisotopic (exact) mass is 454 g/mol. The maximum Gasteiger partial charge on any atom is 0.416 e. The van der Waals surface area contributed by atoms with Crippen LogP contribution in [0.4, 0.5) is 13.2 Å². The first-order chi connectivity index (χ1) is 15.6. The summed E-state index contributed by atoms with van der Waals surface area (Å²) in [6.45, 7) is 0. The largest absolute Gasteiger partial charge is 0.477 e. The fraction of sp³-hybridized carbons (Fsp3) is 0.0952. The summed E-state index contributed by atoms with van der Waals surface area (Å²) in [7, 11) is 1.39. The number of rotatable bonds is 4. The van der Waals surface area contributed by atoms with Crippen molar-refractivity contribution < 1.29 is 23.1 Å². The molecule has 12 heteroatoms. The van der Waals surface area contributed by atoms with Gasteiger partial charge >= 0.3 is 12.1 Å². The predicted molar refractivity (Wildman–Crippen MR) is 108 cm³/mol. The summed E-state index contributed by atoms with van der Waals surface area (Å²) in [6, 6.07) is 11.9. The summed E-state index contributed by atoms with van der Waals surface area (Å²) in [5, 5.41) is 22.8. The van der Waals surface area contributed by atoms with Crippen molar-refractivity contribution in [3.63, 3.8) is 0 Å². The van der Waals surface area contributed by atoms with Crippen LogP contribution in [0.1, 0.15) is 21.5 Å². The molecule has 1 N–H and O–H groups in total. The lowest BCUT2D eigenvalue weighted by Gasteiger charge is -2.12. The number of nitrogens with zero attached hydrogens (tertiary/aromatic N) is 6. The van der Waals surface area contributed by atoms with Crippen LogP contribution in [0.15, 0.2) is 59.7 Å². The Morgan fingerprint density at radius 1 is 1.06 bits per heavy atom. The molecule has 33 heavy (non-hydrogen) atoms. The Labute approximate surface area is 183 Å². The topological polar surface area (TPSA) is 119 Å². The molecule has 0 saturated heterocycles. The molecule has 2 aromatic heterocycles. The molecular formula is C21H13F3N6O3. The van der Waals surface area contributed by atoms with Crippen molar-refractivity contribution in [2.45, 2.75) is 6.18 Å². The van der Waals surface area contributed by atoms with E-state index in [-0.39, 0.29) is 17.2 Å². The van der Waals surface area contributed by atoms with Crippen LogP contribution in [0.5, 0.6) is 0 Å². The normalized spacial score (nSPS) is 11.4. The van der Waals surface area contributed by atoms with Crippen LogP contribution >= 0.6 is 0 Å². The minimum Gasteiger partial charge on any atom is -0.477 e. The van der Waals surface area contributed by atoms with Crippen LogP contribution < -0.4 is 5.56 Å². The summed E-state index contributed by atoms with van der Waals surface area (Å²) in [4.78, 5) is 29.1. The molecule has 0 radical (unpaired) electrons. The van der Waals surface area contributed by atoms with Gasteiger partial charge in [-0.15, -0.1) is 0 Å². The van der Waals surface area contributed by atoms with Crippen molar-refractivity contribution in [2.24, 2.45) is 7.05 Å². The predicted octanol–water partition coefficient (Wildman–Crippen LogP) is 3.01. The molecule has 9 nitrogen and oxygen atoms in total. The minimum atomic E-state index is -4.56. The van der Waals surface area contributed by atoms with Crippen LogP contribution in [0.25, 0.3) is 22.9 Å². The van der Waals surface area contributed by atoms with Gasteiger partial charge in [-0.25, -0.2) is 19.1 Å². The van der Waals surface area contributed by atoms with Gasteiger partial charge in [0, 0.05) is 7.05 Å². The van der Waals surface area contributed by atoms with Gasteiger partial charge in [0.25, 0.3) is 5.56 Å². The summed E-state index contributed by atoms with van der Waals surface area (Å²) >= 11 is 0. The molecule has 4 aromatic rings. The van der Waals surface area contributed by atoms with Crippen molar-refractivity contribution >= 4 is 5.97 Å². The zero-order chi connectivity index (χ0) is 23.9. The smallest absolute Gasteiger partial charge is 0.416 e. The average Bonchev–Trinajstić information content (AvgIpc) is 3.35. The fourth-order valence-corrected chi connectivity index (χ4v) is 3.41. The third-order valence-corrected chi connectivity index (χ3v) is 4.92. The Balaban J connectivity index is 1.92. The van der Waals surface area contributed by atoms with E-state index in [9.17, 15) is 27.9 Å². The second-order valence-corrected chi connectivity index (χ2v) is 6.87. The van der Waals surface area contributed by atoms with Gasteiger partial charge in [0.1, 0.15) is 12.0 Å². The number of alkyl halides is 3. The molecule has 2 aromatic carbocycles. The number of halogens is 3. The lowest BCUT2D eigenvalue weighted by molar-refractivity contribution is -0.137. The first-order valence-corrected chi connectivity index (χ1v) is 9.27. The number of carbonyl (C=O) groups is 1. The number of carboxylic acids is 1. The maximum atomic E-state index is 13.0. The van der Waals surface area contributed by atoms with Gasteiger partial charge in [0.15, 0.2) is 11.4 Å². The van der Waals surface area contributed by atoms with Gasteiger partial charge < -0.3 is 5.11 Å². The zero-order valence-electron chi connectivity index (χ0n) is 16.8. The fourth-order valence-electron chi connectivity index (χ4n) is 3.41. The zero-order valence-corrected chi connectivity index (χ0v) is 16.8. The van der Waals surface area contributed by atoms with E-state index in [2.05, 4.69) is 10.1 Å². The number of hydrogen-bond acceptors (Lipinski definition) is 5. The Morgan fingerprint density at radius 3 is 2.21 bits per heavy atom. The Bertz CT molecular complexity index is 1460. The number of hydrogen-bond donors (Lipinski definition) is 1. The van der Waals surface area contributed by atoms with Crippen molar-refractivity contribution in [1.82, 2.24) is 24.1 Å². The van der Waals surface area contributed by atoms with Crippen LogP contribution in [0.3, 0.4) is 0 Å². The van der Waals surface area contributed by atoms with E-state index in [0.29, 0.717) is 11.3 Å². The molecule has 0 saturated carbocycles. The summed E-state index contributed by atoms with van der Waals surface area (Å²) in [6.07, 6.45) is -3.40. The standard InChI is InChI=1S/C21H13F3N6O3/c1-28-17(18-26-11-27-29(18)14-6-2-12(10-25)3-7-14)16(20(32)33)19(31)30(28)15-8-4-13(5-9-15)21(22,23)24/h2-9,11H,1H3,(H,32,33). The Hall–Kier alpha value is -4.66. The van der Waals surface area contributed by atoms with Gasteiger partial charge in [-0.3, -0.25) is 9.48 Å². The summed E-state index contributed by atoms with van der Waals surface area (Å²) in [5.41, 5.74) is -1.70. The molecule has 0 fully saturated rings. The minimum absolute atomic E-state index is 0.0161. The van der Waals surface area contributed by atoms with Gasteiger partial charge in [-0.2, -0.15) is 23.5 Å². The number of aromatic nitrogens is 5. The van der Waals surface area contributed by atoms with Gasteiger partial charge in [0.05, 0.1) is 28.6 Å². The molecule has 0 atom stereocenters. The third-order valence-electron chi connectivity index (χ3n) is 4.92. The highest BCUT2D eigenvalue weighted by atomic mass is 19.4. The quantitative estimate of drug-likeness (QED) is 0.506. The molecule has 0 unspecified atom stereocenters. The highest BCUT2D eigenvalue weighted by Gasteiger charge is 2.31. The number of carboxylic acid groups (broad SMARTS) is 1. The van der Waals surface area contributed by atoms with Crippen molar-refractivity contribution in [2.75, 3.05) is 0 Å². The van der Waals surface area contributed by atoms with Crippen LogP contribution in [0.2, 0.25) is 0 Å². The SMILES string of the molecule is Cn1c(-c2ncnn2-c2ccc(C#N)cc2)c(C(=O)O)c(=O)n1-c1ccc(C(F)(F)F)cc1. The number of aromatic carboxylic acids is 1. The molecule has 2 heterocycles. The van der Waals surface area contributed by atoms with Gasteiger partial charge in [-0.05, 0) is 48.5 Å². The second-order valence-electron chi connectivity index (χ2n) is 6.87. The van der Waals surface area contributed by atoms with E-state index in [4.69, 9.17) is 5.26 Å². The number of nitriles is 1. The molecular weight excluding hydrogens is 441 g/mol. The Morgan fingerprint density at radius 2 is 1.67 bits per heavy atom. The lowest BCUT2D eigenvalue weighted by Crippen LogP contribution is -2.22. The van der Waals surface area contributed by atoms with E-state index in [1.807, 2.05) is 6.07 Å². The molecule has 0 bridgehead atoms. The molecule has 0 aliphatic heterocycles. The van der Waals surface area contributed by atoms with Crippen LogP contribution in [-0.2, 0) is 13.2 Å². The highest BCUT2D eigenvalue weighted by molar-refractivity contribution is 5.94. The summed E-state index contributed by atoms with van der Waals surface area (Å²) in [5.74, 6) is -1.52. The molecule has 0 amide bonds. The van der Waals surface area contributed by atoms with Gasteiger partial charge in [-0.1, -0.05) is 0 Å². The van der Waals surface area contributed by atoms with E-state index in [0.717, 1.165) is 28.9 Å². The Kier molecular flexibility index (Phi) is 5.09. The molecule has 0 aliphatic rings. The maximum absolute atomic E-state index is 13.0. The summed E-state index contributed by atoms with van der Waals surface area (Å²) < 4.78 is 42.1. The average molecular weight is 454 g/mol. The van der Waals surface area contributed by atoms with E-state index < -0.39 is 28.8 Å². The van der Waals surface area contributed by atoms with E-state index >= 15 is 0 Å². The van der Waals surface area contributed by atoms with Crippen molar-refractivity contribution in [3.8, 4) is 29.0 Å². The highest BCUT2D eigenvalue weighted by Crippen LogP contribution is 2.30. The van der Waals surface area contributed by atoms with Crippen LogP contribution in [-0.4, -0.2) is 35.2 Å². The third kappa shape index (κ3) is 3.65. The molecule has 0 spiro atoms.